The van der Waals surface area contributed by atoms with Crippen LogP contribution in [0.5, 0.6) is 0 Å². The molecule has 0 atom stereocenters. The van der Waals surface area contributed by atoms with Crippen LogP contribution in [0.2, 0.25) is 0 Å². The minimum Gasteiger partial charge on any atom is -0.355 e. The first-order valence-corrected chi connectivity index (χ1v) is 9.01. The zero-order valence-electron chi connectivity index (χ0n) is 14.1. The lowest BCUT2D eigenvalue weighted by molar-refractivity contribution is 0.582. The van der Waals surface area contributed by atoms with Crippen LogP contribution in [0.1, 0.15) is 23.6 Å². The van der Waals surface area contributed by atoms with Crippen molar-refractivity contribution in [1.82, 2.24) is 15.4 Å². The van der Waals surface area contributed by atoms with Crippen molar-refractivity contribution in [2.24, 2.45) is 4.99 Å². The van der Waals surface area contributed by atoms with Crippen molar-refractivity contribution >= 4 is 40.0 Å². The monoisotopic (exact) mass is 454 g/mol. The molecule has 0 bridgehead atoms. The van der Waals surface area contributed by atoms with Crippen LogP contribution in [-0.2, 0) is 16.6 Å². The van der Waals surface area contributed by atoms with Crippen LogP contribution in [0.3, 0.4) is 0 Å². The number of rotatable bonds is 7. The van der Waals surface area contributed by atoms with Gasteiger partial charge in [-0.15, -0.1) is 24.0 Å². The van der Waals surface area contributed by atoms with E-state index in [1.165, 1.54) is 16.7 Å². The molecule has 0 fully saturated rings. The summed E-state index contributed by atoms with van der Waals surface area (Å²) in [5.41, 5.74) is 3.69. The largest absolute Gasteiger partial charge is 0.355 e. The Bertz CT molecular complexity index is 618. The van der Waals surface area contributed by atoms with Gasteiger partial charge in [0, 0.05) is 26.7 Å². The predicted molar refractivity (Wildman–Crippen MR) is 107 cm³/mol. The lowest BCUT2D eigenvalue weighted by atomic mass is 10.1. The van der Waals surface area contributed by atoms with Crippen LogP contribution in [0.4, 0.5) is 0 Å². The number of guanidine groups is 1. The van der Waals surface area contributed by atoms with Gasteiger partial charge in [-0.25, -0.2) is 13.1 Å². The molecule has 0 aromatic heterocycles. The van der Waals surface area contributed by atoms with E-state index in [1.807, 2.05) is 0 Å². The van der Waals surface area contributed by atoms with Crippen LogP contribution in [0, 0.1) is 13.8 Å². The first kappa shape index (κ1) is 22.1. The van der Waals surface area contributed by atoms with Crippen molar-refractivity contribution in [3.63, 3.8) is 0 Å². The van der Waals surface area contributed by atoms with E-state index in [9.17, 15) is 8.42 Å². The molecule has 1 aromatic carbocycles. The van der Waals surface area contributed by atoms with Crippen LogP contribution >= 0.6 is 24.0 Å². The van der Waals surface area contributed by atoms with Gasteiger partial charge in [-0.3, -0.25) is 4.99 Å². The number of aryl methyl sites for hydroxylation is 2. The molecule has 0 aliphatic carbocycles. The molecular formula is C15H27IN4O2S. The summed E-state index contributed by atoms with van der Waals surface area (Å²) in [6.45, 7) is 7.25. The summed E-state index contributed by atoms with van der Waals surface area (Å²) in [5.74, 6) is 0.739. The molecule has 0 amide bonds. The summed E-state index contributed by atoms with van der Waals surface area (Å²) < 4.78 is 25.1. The highest BCUT2D eigenvalue weighted by Crippen LogP contribution is 2.09. The molecule has 1 rings (SSSR count). The number of nitrogens with one attached hydrogen (secondary N) is 3. The van der Waals surface area contributed by atoms with E-state index < -0.39 is 10.0 Å². The molecule has 0 unspecified atom stereocenters. The Kier molecular flexibility index (Phi) is 10.4. The molecule has 0 spiro atoms. The molecule has 23 heavy (non-hydrogen) atoms. The standard InChI is InChI=1S/C15H26N4O2S.HI/c1-5-22(20,21)19-9-8-17-15(16-4)18-11-14-7-6-12(2)10-13(14)3;/h6-7,10,19H,5,8-9,11H2,1-4H3,(H2,16,17,18);1H. The molecule has 0 radical (unpaired) electrons. The van der Waals surface area contributed by atoms with Crippen molar-refractivity contribution < 1.29 is 8.42 Å². The topological polar surface area (TPSA) is 82.6 Å². The summed E-state index contributed by atoms with van der Waals surface area (Å²) in [6.07, 6.45) is 0. The lowest BCUT2D eigenvalue weighted by Crippen LogP contribution is -2.41. The zero-order valence-corrected chi connectivity index (χ0v) is 17.3. The van der Waals surface area contributed by atoms with E-state index >= 15 is 0 Å². The first-order chi connectivity index (χ1) is 10.4. The minimum atomic E-state index is -3.14. The third-order valence-electron chi connectivity index (χ3n) is 3.29. The lowest BCUT2D eigenvalue weighted by Gasteiger charge is -2.13. The maximum atomic E-state index is 11.3. The van der Waals surface area contributed by atoms with Crippen molar-refractivity contribution in [1.29, 1.82) is 0 Å². The highest BCUT2D eigenvalue weighted by Gasteiger charge is 2.05. The number of sulfonamides is 1. The minimum absolute atomic E-state index is 0. The molecule has 3 N–H and O–H groups in total. The van der Waals surface area contributed by atoms with Gasteiger partial charge in [0.25, 0.3) is 0 Å². The third-order valence-corrected chi connectivity index (χ3v) is 4.69. The highest BCUT2D eigenvalue weighted by atomic mass is 127. The Hall–Kier alpha value is -0.870. The van der Waals surface area contributed by atoms with Gasteiger partial charge >= 0.3 is 0 Å². The third kappa shape index (κ3) is 8.52. The molecule has 0 aliphatic rings. The maximum Gasteiger partial charge on any atom is 0.211 e. The van der Waals surface area contributed by atoms with Crippen molar-refractivity contribution in [3.05, 3.63) is 34.9 Å². The summed E-state index contributed by atoms with van der Waals surface area (Å²) in [7, 11) is -1.45. The van der Waals surface area contributed by atoms with Gasteiger partial charge < -0.3 is 10.6 Å². The fraction of sp³-hybridized carbons (Fsp3) is 0.533. The van der Waals surface area contributed by atoms with Gasteiger partial charge in [0.15, 0.2) is 5.96 Å². The van der Waals surface area contributed by atoms with Gasteiger partial charge in [-0.05, 0) is 31.9 Å². The van der Waals surface area contributed by atoms with E-state index in [4.69, 9.17) is 0 Å². The molecule has 0 heterocycles. The highest BCUT2D eigenvalue weighted by molar-refractivity contribution is 14.0. The van der Waals surface area contributed by atoms with Crippen LogP contribution in [0.15, 0.2) is 23.2 Å². The number of halogens is 1. The second-order valence-corrected chi connectivity index (χ2v) is 7.18. The second kappa shape index (κ2) is 10.8. The smallest absolute Gasteiger partial charge is 0.211 e. The Morgan fingerprint density at radius 2 is 1.87 bits per heavy atom. The first-order valence-electron chi connectivity index (χ1n) is 7.36. The van der Waals surface area contributed by atoms with E-state index in [-0.39, 0.29) is 29.7 Å². The summed E-state index contributed by atoms with van der Waals surface area (Å²) in [4.78, 5) is 4.12. The van der Waals surface area contributed by atoms with Crippen LogP contribution in [-0.4, -0.2) is 40.3 Å². The number of hydrogen-bond donors (Lipinski definition) is 3. The summed E-state index contributed by atoms with van der Waals surface area (Å²) in [5, 5.41) is 6.30. The number of hydrogen-bond acceptors (Lipinski definition) is 3. The van der Waals surface area contributed by atoms with Gasteiger partial charge in [-0.2, -0.15) is 0 Å². The van der Waals surface area contributed by atoms with E-state index in [1.54, 1.807) is 14.0 Å². The Morgan fingerprint density at radius 3 is 2.43 bits per heavy atom. The van der Waals surface area contributed by atoms with Crippen LogP contribution in [0.25, 0.3) is 0 Å². The Balaban J connectivity index is 0.00000484. The van der Waals surface area contributed by atoms with E-state index in [2.05, 4.69) is 52.4 Å². The number of nitrogens with zero attached hydrogens (tertiary/aromatic N) is 1. The van der Waals surface area contributed by atoms with Crippen molar-refractivity contribution in [2.45, 2.75) is 27.3 Å². The quantitative estimate of drug-likeness (QED) is 0.253. The van der Waals surface area contributed by atoms with Gasteiger partial charge in [-0.1, -0.05) is 23.8 Å². The van der Waals surface area contributed by atoms with E-state index in [0.29, 0.717) is 25.6 Å². The predicted octanol–water partition coefficient (Wildman–Crippen LogP) is 1.53. The maximum absolute atomic E-state index is 11.3. The Labute approximate surface area is 156 Å². The molecule has 1 aromatic rings. The molecular weight excluding hydrogens is 427 g/mol. The van der Waals surface area contributed by atoms with Crippen molar-refractivity contribution in [3.8, 4) is 0 Å². The SMILES string of the molecule is CCS(=O)(=O)NCCNC(=NC)NCc1ccc(C)cc1C.I. The molecule has 0 saturated carbocycles. The van der Waals surface area contributed by atoms with E-state index in [0.717, 1.165) is 0 Å². The molecule has 8 heteroatoms. The number of benzene rings is 1. The molecule has 0 aliphatic heterocycles. The second-order valence-electron chi connectivity index (χ2n) is 5.08. The average Bonchev–Trinajstić information content (AvgIpc) is 2.48. The van der Waals surface area contributed by atoms with Gasteiger partial charge in [0.1, 0.15) is 0 Å². The average molecular weight is 454 g/mol. The molecule has 0 saturated heterocycles. The number of aliphatic imine (C=N–C) groups is 1. The zero-order chi connectivity index (χ0) is 16.6. The fourth-order valence-electron chi connectivity index (χ4n) is 1.93. The summed E-state index contributed by atoms with van der Waals surface area (Å²) in [6, 6.07) is 6.33. The fourth-order valence-corrected chi connectivity index (χ4v) is 2.55. The van der Waals surface area contributed by atoms with Crippen LogP contribution < -0.4 is 15.4 Å². The molecule has 6 nitrogen and oxygen atoms in total. The van der Waals surface area contributed by atoms with Gasteiger partial charge in [0.05, 0.1) is 5.75 Å². The van der Waals surface area contributed by atoms with Gasteiger partial charge in [0.2, 0.25) is 10.0 Å². The molecule has 132 valence electrons. The summed E-state index contributed by atoms with van der Waals surface area (Å²) >= 11 is 0. The Morgan fingerprint density at radius 1 is 1.17 bits per heavy atom. The van der Waals surface area contributed by atoms with Crippen molar-refractivity contribution in [2.75, 3.05) is 25.9 Å². The normalized spacial score (nSPS) is 11.7.